The highest BCUT2D eigenvalue weighted by atomic mass is 32.2. The molecular weight excluding hydrogens is 240 g/mol. The molecule has 2 nitrogen and oxygen atoms in total. The molecule has 2 fully saturated rings. The Morgan fingerprint density at radius 1 is 1.28 bits per heavy atom. The van der Waals surface area contributed by atoms with Crippen LogP contribution < -0.4 is 5.73 Å². The maximum atomic E-state index is 6.08. The third-order valence-electron chi connectivity index (χ3n) is 4.80. The predicted octanol–water partition coefficient (Wildman–Crippen LogP) is 2.97. The van der Waals surface area contributed by atoms with E-state index >= 15 is 0 Å². The number of hydrogen-bond acceptors (Lipinski definition) is 3. The van der Waals surface area contributed by atoms with E-state index in [-0.39, 0.29) is 0 Å². The lowest BCUT2D eigenvalue weighted by molar-refractivity contribution is 0.158. The number of likely N-dealkylation sites (tertiary alicyclic amines) is 1. The molecule has 0 radical (unpaired) electrons. The van der Waals surface area contributed by atoms with E-state index < -0.39 is 0 Å². The lowest BCUT2D eigenvalue weighted by Crippen LogP contribution is -2.46. The van der Waals surface area contributed by atoms with Gasteiger partial charge in [-0.25, -0.2) is 0 Å². The highest BCUT2D eigenvalue weighted by Crippen LogP contribution is 2.30. The molecule has 18 heavy (non-hydrogen) atoms. The molecule has 0 aromatic heterocycles. The van der Waals surface area contributed by atoms with Crippen molar-refractivity contribution in [2.75, 3.05) is 31.1 Å². The molecule has 2 rings (SSSR count). The van der Waals surface area contributed by atoms with Gasteiger partial charge in [-0.2, -0.15) is 11.8 Å². The van der Waals surface area contributed by atoms with E-state index in [0.717, 1.165) is 18.4 Å². The van der Waals surface area contributed by atoms with Gasteiger partial charge < -0.3 is 5.73 Å². The zero-order chi connectivity index (χ0) is 12.8. The van der Waals surface area contributed by atoms with Crippen molar-refractivity contribution >= 4 is 11.8 Å². The van der Waals surface area contributed by atoms with Crippen molar-refractivity contribution < 1.29 is 0 Å². The first-order valence-corrected chi connectivity index (χ1v) is 9.02. The summed E-state index contributed by atoms with van der Waals surface area (Å²) in [4.78, 5) is 2.73. The molecule has 106 valence electrons. The van der Waals surface area contributed by atoms with E-state index in [1.165, 1.54) is 63.1 Å². The molecule has 2 aliphatic heterocycles. The summed E-state index contributed by atoms with van der Waals surface area (Å²) in [5, 5.41) is 0. The van der Waals surface area contributed by atoms with Gasteiger partial charge in [-0.05, 0) is 62.1 Å². The first kappa shape index (κ1) is 14.7. The van der Waals surface area contributed by atoms with Gasteiger partial charge in [-0.1, -0.05) is 19.8 Å². The topological polar surface area (TPSA) is 29.3 Å². The molecule has 3 heteroatoms. The summed E-state index contributed by atoms with van der Waals surface area (Å²) in [6, 6.07) is 0.667. The summed E-state index contributed by atoms with van der Waals surface area (Å²) in [5.74, 6) is 4.55. The molecule has 0 aromatic rings. The second-order valence-electron chi connectivity index (χ2n) is 6.05. The van der Waals surface area contributed by atoms with Gasteiger partial charge in [0.25, 0.3) is 0 Å². The van der Waals surface area contributed by atoms with E-state index in [0.29, 0.717) is 6.04 Å². The number of nitrogens with two attached hydrogens (primary N) is 1. The first-order chi connectivity index (χ1) is 8.85. The number of thioether (sulfide) groups is 1. The van der Waals surface area contributed by atoms with Crippen LogP contribution in [0.2, 0.25) is 0 Å². The average molecular weight is 270 g/mol. The van der Waals surface area contributed by atoms with Crippen molar-refractivity contribution in [3.05, 3.63) is 0 Å². The summed E-state index contributed by atoms with van der Waals surface area (Å²) in [6.07, 6.45) is 8.42. The van der Waals surface area contributed by atoms with Crippen molar-refractivity contribution in [2.45, 2.75) is 51.5 Å². The zero-order valence-corrected chi connectivity index (χ0v) is 12.8. The fourth-order valence-corrected chi connectivity index (χ4v) is 5.04. The van der Waals surface area contributed by atoms with Crippen LogP contribution in [0.4, 0.5) is 0 Å². The summed E-state index contributed by atoms with van der Waals surface area (Å²) in [6.45, 7) is 5.78. The Hall–Kier alpha value is 0.270. The van der Waals surface area contributed by atoms with Crippen molar-refractivity contribution in [2.24, 2.45) is 17.6 Å². The summed E-state index contributed by atoms with van der Waals surface area (Å²) < 4.78 is 0. The van der Waals surface area contributed by atoms with Crippen LogP contribution in [0.5, 0.6) is 0 Å². The van der Waals surface area contributed by atoms with Crippen molar-refractivity contribution in [3.8, 4) is 0 Å². The standard InChI is InChI=1S/C15H30N2S/c1-2-4-13-5-3-8-17(9-6-13)15(11-16)14-7-10-18-12-14/h13-15H,2-12,16H2,1H3. The van der Waals surface area contributed by atoms with E-state index in [4.69, 9.17) is 5.73 Å². The molecule has 0 saturated carbocycles. The molecule has 0 amide bonds. The van der Waals surface area contributed by atoms with Gasteiger partial charge in [0.1, 0.15) is 0 Å². The van der Waals surface area contributed by atoms with Gasteiger partial charge >= 0.3 is 0 Å². The zero-order valence-electron chi connectivity index (χ0n) is 11.9. The minimum absolute atomic E-state index is 0.667. The molecule has 3 unspecified atom stereocenters. The maximum absolute atomic E-state index is 6.08. The molecule has 3 atom stereocenters. The monoisotopic (exact) mass is 270 g/mol. The Morgan fingerprint density at radius 2 is 2.17 bits per heavy atom. The Labute approximate surface area is 117 Å². The third-order valence-corrected chi connectivity index (χ3v) is 5.99. The molecule has 0 aliphatic carbocycles. The minimum atomic E-state index is 0.667. The second kappa shape index (κ2) is 7.76. The smallest absolute Gasteiger partial charge is 0.0254 e. The molecule has 2 saturated heterocycles. The highest BCUT2D eigenvalue weighted by molar-refractivity contribution is 7.99. The Balaban J connectivity index is 1.86. The largest absolute Gasteiger partial charge is 0.329 e. The Bertz CT molecular complexity index is 229. The fraction of sp³-hybridized carbons (Fsp3) is 1.00. The first-order valence-electron chi connectivity index (χ1n) is 7.87. The van der Waals surface area contributed by atoms with Gasteiger partial charge in [0.2, 0.25) is 0 Å². The maximum Gasteiger partial charge on any atom is 0.0254 e. The average Bonchev–Trinajstić information content (AvgIpc) is 2.80. The molecule has 0 aromatic carbocycles. The molecule has 2 aliphatic rings. The second-order valence-corrected chi connectivity index (χ2v) is 7.20. The molecule has 0 spiro atoms. The van der Waals surface area contributed by atoms with E-state index in [1.54, 1.807) is 0 Å². The van der Waals surface area contributed by atoms with Crippen LogP contribution in [0.1, 0.15) is 45.4 Å². The summed E-state index contributed by atoms with van der Waals surface area (Å²) in [5.41, 5.74) is 6.08. The quantitative estimate of drug-likeness (QED) is 0.833. The molecular formula is C15H30N2S. The van der Waals surface area contributed by atoms with Crippen molar-refractivity contribution in [3.63, 3.8) is 0 Å². The summed E-state index contributed by atoms with van der Waals surface area (Å²) >= 11 is 2.12. The Kier molecular flexibility index (Phi) is 6.33. The number of hydrogen-bond donors (Lipinski definition) is 1. The van der Waals surface area contributed by atoms with Crippen LogP contribution in [0.15, 0.2) is 0 Å². The normalized spacial score (nSPS) is 32.3. The van der Waals surface area contributed by atoms with Crippen LogP contribution in [0.25, 0.3) is 0 Å². The number of rotatable bonds is 5. The predicted molar refractivity (Wildman–Crippen MR) is 82.1 cm³/mol. The Morgan fingerprint density at radius 3 is 2.83 bits per heavy atom. The third kappa shape index (κ3) is 3.88. The van der Waals surface area contributed by atoms with Gasteiger partial charge in [-0.15, -0.1) is 0 Å². The lowest BCUT2D eigenvalue weighted by Gasteiger charge is -2.33. The van der Waals surface area contributed by atoms with Crippen LogP contribution in [0, 0.1) is 11.8 Å². The minimum Gasteiger partial charge on any atom is -0.329 e. The molecule has 2 N–H and O–H groups in total. The van der Waals surface area contributed by atoms with Crippen LogP contribution in [-0.4, -0.2) is 42.1 Å². The molecule has 0 bridgehead atoms. The van der Waals surface area contributed by atoms with Crippen molar-refractivity contribution in [1.82, 2.24) is 4.90 Å². The van der Waals surface area contributed by atoms with Gasteiger partial charge in [0.05, 0.1) is 0 Å². The molecule has 2 heterocycles. The fourth-order valence-electron chi connectivity index (χ4n) is 3.71. The van der Waals surface area contributed by atoms with Crippen molar-refractivity contribution in [1.29, 1.82) is 0 Å². The van der Waals surface area contributed by atoms with Gasteiger partial charge in [-0.3, -0.25) is 4.90 Å². The van der Waals surface area contributed by atoms with Gasteiger partial charge in [0.15, 0.2) is 0 Å². The van der Waals surface area contributed by atoms with Crippen LogP contribution in [0.3, 0.4) is 0 Å². The highest BCUT2D eigenvalue weighted by Gasteiger charge is 2.30. The lowest BCUT2D eigenvalue weighted by atomic mass is 9.95. The SMILES string of the molecule is CCCC1CCCN(C(CN)C2CCSC2)CC1. The summed E-state index contributed by atoms with van der Waals surface area (Å²) in [7, 11) is 0. The van der Waals surface area contributed by atoms with E-state index in [1.807, 2.05) is 0 Å². The van der Waals surface area contributed by atoms with Gasteiger partial charge in [0, 0.05) is 12.6 Å². The van der Waals surface area contributed by atoms with E-state index in [9.17, 15) is 0 Å². The number of nitrogens with zero attached hydrogens (tertiary/aromatic N) is 1. The van der Waals surface area contributed by atoms with E-state index in [2.05, 4.69) is 23.6 Å². The van der Waals surface area contributed by atoms with Crippen LogP contribution >= 0.6 is 11.8 Å². The van der Waals surface area contributed by atoms with Crippen LogP contribution in [-0.2, 0) is 0 Å².